The van der Waals surface area contributed by atoms with Gasteiger partial charge in [0.15, 0.2) is 18.0 Å². The van der Waals surface area contributed by atoms with Crippen molar-refractivity contribution in [2.24, 2.45) is 0 Å². The number of hydrogen-bond donors (Lipinski definition) is 0. The summed E-state index contributed by atoms with van der Waals surface area (Å²) in [5.74, 6) is -4.94. The highest BCUT2D eigenvalue weighted by Gasteiger charge is 2.53. The zero-order valence-corrected chi connectivity index (χ0v) is 26.0. The van der Waals surface area contributed by atoms with Gasteiger partial charge in [-0.3, -0.25) is 19.2 Å². The van der Waals surface area contributed by atoms with Crippen LogP contribution in [0.2, 0.25) is 0 Å². The van der Waals surface area contributed by atoms with Gasteiger partial charge in [0.25, 0.3) is 5.75 Å². The molecule has 0 bridgehead atoms. The zero-order valence-electron chi connectivity index (χ0n) is 26.0. The summed E-state index contributed by atoms with van der Waals surface area (Å²) < 4.78 is 50.1. The van der Waals surface area contributed by atoms with E-state index in [1.165, 1.54) is 30.3 Å². The van der Waals surface area contributed by atoms with Crippen LogP contribution in [-0.2, 0) is 42.9 Å². The molecule has 5 atom stereocenters. The molecule has 3 aromatic rings. The van der Waals surface area contributed by atoms with Gasteiger partial charge in [0, 0.05) is 33.8 Å². The second-order valence-electron chi connectivity index (χ2n) is 10.1. The third kappa shape index (κ3) is 8.64. The lowest BCUT2D eigenvalue weighted by atomic mass is 9.98. The Morgan fingerprint density at radius 2 is 1.40 bits per heavy atom. The predicted molar refractivity (Wildman–Crippen MR) is 158 cm³/mol. The van der Waals surface area contributed by atoms with Crippen LogP contribution in [0, 0.1) is 0 Å². The van der Waals surface area contributed by atoms with Crippen LogP contribution in [0.4, 0.5) is 0 Å². The minimum Gasteiger partial charge on any atom is -0.494 e. The lowest BCUT2D eigenvalue weighted by Gasteiger charge is -2.44. The quantitative estimate of drug-likeness (QED) is 0.166. The molecule has 2 heterocycles. The molecule has 1 aromatic heterocycles. The molecule has 47 heavy (non-hydrogen) atoms. The van der Waals surface area contributed by atoms with Crippen molar-refractivity contribution in [3.05, 3.63) is 64.5 Å². The van der Waals surface area contributed by atoms with Gasteiger partial charge >= 0.3 is 35.5 Å². The highest BCUT2D eigenvalue weighted by Crippen LogP contribution is 2.39. The van der Waals surface area contributed by atoms with Crippen molar-refractivity contribution in [1.82, 2.24) is 0 Å². The molecule has 0 N–H and O–H groups in total. The van der Waals surface area contributed by atoms with Crippen molar-refractivity contribution >= 4 is 40.8 Å². The molecule has 0 spiro atoms. The fourth-order valence-corrected chi connectivity index (χ4v) is 4.72. The lowest BCUT2D eigenvalue weighted by Crippen LogP contribution is -2.63. The Morgan fingerprint density at radius 3 is 2.02 bits per heavy atom. The zero-order chi connectivity index (χ0) is 34.2. The molecule has 15 heteroatoms. The van der Waals surface area contributed by atoms with Gasteiger partial charge < -0.3 is 42.3 Å². The molecular weight excluding hydrogens is 624 g/mol. The average molecular weight is 657 g/mol. The minimum atomic E-state index is -1.75. The molecule has 0 aliphatic carbocycles. The molecular formula is C32H32O15. The molecule has 0 amide bonds. The number of benzene rings is 2. The van der Waals surface area contributed by atoms with E-state index in [2.05, 4.69) is 0 Å². The van der Waals surface area contributed by atoms with Crippen LogP contribution in [-0.4, -0.2) is 73.8 Å². The summed E-state index contributed by atoms with van der Waals surface area (Å²) in [7, 11) is 0. The molecule has 15 nitrogen and oxygen atoms in total. The molecule has 2 aromatic carbocycles. The summed E-state index contributed by atoms with van der Waals surface area (Å²) in [6.45, 7) is 5.86. The summed E-state index contributed by atoms with van der Waals surface area (Å²) in [4.78, 5) is 74.7. The summed E-state index contributed by atoms with van der Waals surface area (Å²) in [6.07, 6.45) is -7.76. The summed E-state index contributed by atoms with van der Waals surface area (Å²) in [5, 5.41) is 0.0942. The number of ether oxygens (including phenoxy) is 8. The van der Waals surface area contributed by atoms with Gasteiger partial charge in [0.2, 0.25) is 12.4 Å². The van der Waals surface area contributed by atoms with Crippen LogP contribution < -0.4 is 19.8 Å². The first-order valence-electron chi connectivity index (χ1n) is 14.4. The van der Waals surface area contributed by atoms with Crippen LogP contribution >= 0.6 is 0 Å². The van der Waals surface area contributed by atoms with Crippen LogP contribution in [0.15, 0.2) is 57.7 Å². The maximum atomic E-state index is 13.3. The van der Waals surface area contributed by atoms with E-state index in [1.807, 2.05) is 0 Å². The second-order valence-corrected chi connectivity index (χ2v) is 10.1. The van der Waals surface area contributed by atoms with Gasteiger partial charge in [-0.05, 0) is 31.2 Å². The van der Waals surface area contributed by atoms with E-state index in [0.29, 0.717) is 12.4 Å². The number of esters is 5. The summed E-state index contributed by atoms with van der Waals surface area (Å²) >= 11 is 0. The molecule has 1 aliphatic rings. The fourth-order valence-electron chi connectivity index (χ4n) is 4.72. The monoisotopic (exact) mass is 656 g/mol. The Hall–Kier alpha value is -5.44. The molecule has 1 saturated heterocycles. The molecule has 250 valence electrons. The molecule has 0 radical (unpaired) electrons. The van der Waals surface area contributed by atoms with E-state index in [-0.39, 0.29) is 22.3 Å². The van der Waals surface area contributed by atoms with E-state index < -0.39 is 78.5 Å². The second kappa shape index (κ2) is 15.2. The maximum Gasteiger partial charge on any atom is 0.383 e. The predicted octanol–water partition coefficient (Wildman–Crippen LogP) is 2.87. The van der Waals surface area contributed by atoms with Gasteiger partial charge in [-0.1, -0.05) is 18.2 Å². The van der Waals surface area contributed by atoms with E-state index in [4.69, 9.17) is 42.3 Å². The van der Waals surface area contributed by atoms with Gasteiger partial charge in [-0.25, -0.2) is 9.59 Å². The van der Waals surface area contributed by atoms with Crippen molar-refractivity contribution in [2.45, 2.75) is 65.3 Å². The van der Waals surface area contributed by atoms with Crippen molar-refractivity contribution in [3.8, 4) is 17.2 Å². The summed E-state index contributed by atoms with van der Waals surface area (Å²) in [6, 6.07) is 12.2. The number of rotatable bonds is 11. The molecule has 4 rings (SSSR count). The smallest absolute Gasteiger partial charge is 0.383 e. The SMILES string of the molecule is CCOc1ccc2c(O[C@@H]3O[C@H](COC(C)=O)[C@@H](OC(C)=O)[C@H](OC(C)=O)[C@H]3OC(C)=O)c(OC(=O)c3ccccc3)c(=O)oc2c1. The van der Waals surface area contributed by atoms with Gasteiger partial charge in [0.1, 0.15) is 24.0 Å². The van der Waals surface area contributed by atoms with Crippen LogP contribution in [0.5, 0.6) is 17.2 Å². The third-order valence-electron chi connectivity index (χ3n) is 6.49. The highest BCUT2D eigenvalue weighted by atomic mass is 16.7. The number of carbonyl (C=O) groups excluding carboxylic acids is 5. The van der Waals surface area contributed by atoms with Gasteiger partial charge in [-0.2, -0.15) is 0 Å². The van der Waals surface area contributed by atoms with Crippen molar-refractivity contribution < 1.29 is 66.3 Å². The van der Waals surface area contributed by atoms with Crippen LogP contribution in [0.25, 0.3) is 11.0 Å². The minimum absolute atomic E-state index is 0.0407. The lowest BCUT2D eigenvalue weighted by molar-refractivity contribution is -0.288. The Morgan fingerprint density at radius 1 is 0.766 bits per heavy atom. The first-order chi connectivity index (χ1) is 22.4. The third-order valence-corrected chi connectivity index (χ3v) is 6.49. The molecule has 1 aliphatic heterocycles. The maximum absolute atomic E-state index is 13.3. The van der Waals surface area contributed by atoms with Crippen molar-refractivity contribution in [1.29, 1.82) is 0 Å². The number of fused-ring (bicyclic) bond motifs is 1. The van der Waals surface area contributed by atoms with Crippen molar-refractivity contribution in [3.63, 3.8) is 0 Å². The Bertz CT molecular complexity index is 1700. The van der Waals surface area contributed by atoms with E-state index in [1.54, 1.807) is 25.1 Å². The van der Waals surface area contributed by atoms with E-state index in [0.717, 1.165) is 27.7 Å². The summed E-state index contributed by atoms with van der Waals surface area (Å²) in [5.41, 5.74) is -1.07. The Balaban J connectivity index is 1.88. The van der Waals surface area contributed by atoms with Gasteiger partial charge in [-0.15, -0.1) is 0 Å². The van der Waals surface area contributed by atoms with E-state index >= 15 is 0 Å². The topological polar surface area (TPSA) is 189 Å². The normalized spacial score (nSPS) is 20.4. The number of hydrogen-bond acceptors (Lipinski definition) is 15. The molecule has 0 saturated carbocycles. The average Bonchev–Trinajstić information content (AvgIpc) is 3.00. The fraction of sp³-hybridized carbons (Fsp3) is 0.375. The Labute approximate surface area is 267 Å². The Kier molecular flexibility index (Phi) is 11.2. The van der Waals surface area contributed by atoms with E-state index in [9.17, 15) is 28.8 Å². The van der Waals surface area contributed by atoms with Crippen molar-refractivity contribution in [2.75, 3.05) is 13.2 Å². The first-order valence-corrected chi connectivity index (χ1v) is 14.4. The van der Waals surface area contributed by atoms with Crippen LogP contribution in [0.1, 0.15) is 45.0 Å². The van der Waals surface area contributed by atoms with Crippen LogP contribution in [0.3, 0.4) is 0 Å². The largest absolute Gasteiger partial charge is 0.494 e. The molecule has 0 unspecified atom stereocenters. The van der Waals surface area contributed by atoms with Gasteiger partial charge in [0.05, 0.1) is 17.6 Å². The highest BCUT2D eigenvalue weighted by molar-refractivity contribution is 5.93. The molecule has 1 fully saturated rings. The standard InChI is InChI=1S/C32H32O15/c1-6-39-21-12-13-22-23(14-21)44-31(38)28(46-30(37)20-10-8-7-9-11-20)25(22)47-32-29(43-19(5)36)27(42-18(4)35)26(41-17(3)34)24(45-32)15-40-16(2)33/h7-14,24,26-27,29,32H,6,15H2,1-5H3/t24-,26-,27+,29-,32+/m1/s1. The number of carbonyl (C=O) groups is 5. The first kappa shape index (κ1) is 34.4.